The predicted octanol–water partition coefficient (Wildman–Crippen LogP) is 4.81. The number of halogens is 1. The maximum absolute atomic E-state index is 12.5. The minimum atomic E-state index is -0.142. The number of aryl methyl sites for hydroxylation is 2. The lowest BCUT2D eigenvalue weighted by atomic mass is 10.2. The Morgan fingerprint density at radius 2 is 1.62 bits per heavy atom. The Balaban J connectivity index is 1.90. The molecule has 0 unspecified atom stereocenters. The van der Waals surface area contributed by atoms with E-state index in [9.17, 15) is 4.79 Å². The molecule has 1 amide bonds. The van der Waals surface area contributed by atoms with Gasteiger partial charge in [0.15, 0.2) is 0 Å². The number of aromatic nitrogens is 2. The molecule has 0 fully saturated rings. The van der Waals surface area contributed by atoms with Crippen LogP contribution in [0.5, 0.6) is 0 Å². The van der Waals surface area contributed by atoms with Crippen molar-refractivity contribution in [2.75, 3.05) is 5.32 Å². The standard InChI is InChI=1S/C19H18BrN3O/c1-12-4-10-17(11-5-12)23-14(3)18(13(2)22-23)21-19(24)15-6-8-16(20)9-7-15/h4-11H,1-3H3,(H,21,24). The van der Waals surface area contributed by atoms with E-state index in [1.807, 2.05) is 54.9 Å². The third kappa shape index (κ3) is 3.26. The van der Waals surface area contributed by atoms with Gasteiger partial charge in [0.25, 0.3) is 5.91 Å². The van der Waals surface area contributed by atoms with E-state index >= 15 is 0 Å². The molecule has 0 saturated carbocycles. The molecule has 0 atom stereocenters. The van der Waals surface area contributed by atoms with Crippen LogP contribution < -0.4 is 5.32 Å². The quantitative estimate of drug-likeness (QED) is 0.704. The van der Waals surface area contributed by atoms with Crippen molar-refractivity contribution in [2.24, 2.45) is 0 Å². The monoisotopic (exact) mass is 383 g/mol. The van der Waals surface area contributed by atoms with Gasteiger partial charge >= 0.3 is 0 Å². The molecule has 4 nitrogen and oxygen atoms in total. The van der Waals surface area contributed by atoms with Crippen LogP contribution in [0.4, 0.5) is 5.69 Å². The molecule has 3 aromatic rings. The van der Waals surface area contributed by atoms with Crippen LogP contribution in [0.15, 0.2) is 53.0 Å². The fourth-order valence-corrected chi connectivity index (χ4v) is 2.81. The van der Waals surface area contributed by atoms with Gasteiger partial charge in [-0.05, 0) is 57.2 Å². The summed E-state index contributed by atoms with van der Waals surface area (Å²) < 4.78 is 2.80. The molecule has 5 heteroatoms. The molecule has 1 N–H and O–H groups in total. The molecule has 2 aromatic carbocycles. The molecule has 0 radical (unpaired) electrons. The maximum Gasteiger partial charge on any atom is 0.255 e. The Hall–Kier alpha value is -2.40. The largest absolute Gasteiger partial charge is 0.319 e. The summed E-state index contributed by atoms with van der Waals surface area (Å²) >= 11 is 3.37. The van der Waals surface area contributed by atoms with Crippen molar-refractivity contribution in [1.29, 1.82) is 0 Å². The van der Waals surface area contributed by atoms with Gasteiger partial charge in [0.1, 0.15) is 0 Å². The summed E-state index contributed by atoms with van der Waals surface area (Å²) in [5, 5.41) is 7.54. The molecule has 0 aliphatic heterocycles. The van der Waals surface area contributed by atoms with Gasteiger partial charge in [-0.3, -0.25) is 4.79 Å². The number of nitrogens with one attached hydrogen (secondary N) is 1. The van der Waals surface area contributed by atoms with Crippen molar-refractivity contribution < 1.29 is 4.79 Å². The average Bonchev–Trinajstić information content (AvgIpc) is 2.84. The average molecular weight is 384 g/mol. The van der Waals surface area contributed by atoms with Crippen LogP contribution in [-0.4, -0.2) is 15.7 Å². The summed E-state index contributed by atoms with van der Waals surface area (Å²) in [6, 6.07) is 15.4. The Kier molecular flexibility index (Phi) is 4.53. The number of amides is 1. The molecule has 24 heavy (non-hydrogen) atoms. The van der Waals surface area contributed by atoms with Crippen molar-refractivity contribution in [1.82, 2.24) is 9.78 Å². The zero-order valence-corrected chi connectivity index (χ0v) is 15.4. The second-order valence-corrected chi connectivity index (χ2v) is 6.67. The Morgan fingerprint density at radius 1 is 1.00 bits per heavy atom. The Bertz CT molecular complexity index is 880. The molecule has 0 spiro atoms. The second-order valence-electron chi connectivity index (χ2n) is 5.75. The lowest BCUT2D eigenvalue weighted by molar-refractivity contribution is 0.102. The topological polar surface area (TPSA) is 46.9 Å². The first-order valence-corrected chi connectivity index (χ1v) is 8.45. The van der Waals surface area contributed by atoms with Crippen molar-refractivity contribution in [2.45, 2.75) is 20.8 Å². The van der Waals surface area contributed by atoms with Crippen LogP contribution in [0, 0.1) is 20.8 Å². The van der Waals surface area contributed by atoms with Gasteiger partial charge in [0.2, 0.25) is 0 Å². The zero-order valence-electron chi connectivity index (χ0n) is 13.8. The van der Waals surface area contributed by atoms with Crippen LogP contribution in [0.2, 0.25) is 0 Å². The number of rotatable bonds is 3. The van der Waals surface area contributed by atoms with E-state index < -0.39 is 0 Å². The van der Waals surface area contributed by atoms with Crippen molar-refractivity contribution in [3.63, 3.8) is 0 Å². The Morgan fingerprint density at radius 3 is 2.25 bits per heavy atom. The van der Waals surface area contributed by atoms with Crippen molar-refractivity contribution in [3.8, 4) is 5.69 Å². The molecule has 0 aliphatic rings. The van der Waals surface area contributed by atoms with Crippen LogP contribution in [0.25, 0.3) is 5.69 Å². The van der Waals surface area contributed by atoms with Gasteiger partial charge in [-0.2, -0.15) is 5.10 Å². The molecular weight excluding hydrogens is 366 g/mol. The highest BCUT2D eigenvalue weighted by molar-refractivity contribution is 9.10. The van der Waals surface area contributed by atoms with E-state index in [1.54, 1.807) is 12.1 Å². The number of anilines is 1. The molecule has 3 rings (SSSR count). The first-order valence-electron chi connectivity index (χ1n) is 7.66. The van der Waals surface area contributed by atoms with Crippen LogP contribution in [0.1, 0.15) is 27.3 Å². The van der Waals surface area contributed by atoms with Gasteiger partial charge in [0.05, 0.1) is 22.8 Å². The smallest absolute Gasteiger partial charge is 0.255 e. The third-order valence-electron chi connectivity index (χ3n) is 3.91. The fourth-order valence-electron chi connectivity index (χ4n) is 2.55. The second kappa shape index (κ2) is 6.61. The normalized spacial score (nSPS) is 10.7. The minimum Gasteiger partial charge on any atom is -0.319 e. The maximum atomic E-state index is 12.5. The summed E-state index contributed by atoms with van der Waals surface area (Å²) in [5.74, 6) is -0.142. The summed E-state index contributed by atoms with van der Waals surface area (Å²) in [4.78, 5) is 12.5. The minimum absolute atomic E-state index is 0.142. The summed E-state index contributed by atoms with van der Waals surface area (Å²) in [6.07, 6.45) is 0. The third-order valence-corrected chi connectivity index (χ3v) is 4.44. The number of hydrogen-bond donors (Lipinski definition) is 1. The molecule has 0 bridgehead atoms. The molecule has 1 aromatic heterocycles. The van der Waals surface area contributed by atoms with Gasteiger partial charge < -0.3 is 5.32 Å². The Labute approximate surface area is 149 Å². The van der Waals surface area contributed by atoms with Crippen molar-refractivity contribution in [3.05, 3.63) is 75.5 Å². The van der Waals surface area contributed by atoms with E-state index in [-0.39, 0.29) is 5.91 Å². The van der Waals surface area contributed by atoms with Gasteiger partial charge in [-0.25, -0.2) is 4.68 Å². The number of carbonyl (C=O) groups excluding carboxylic acids is 1. The van der Waals surface area contributed by atoms with E-state index in [0.717, 1.165) is 27.2 Å². The van der Waals surface area contributed by atoms with Crippen LogP contribution in [0.3, 0.4) is 0 Å². The molecule has 1 heterocycles. The van der Waals surface area contributed by atoms with E-state index in [0.29, 0.717) is 5.56 Å². The highest BCUT2D eigenvalue weighted by Gasteiger charge is 2.16. The first kappa shape index (κ1) is 16.5. The van der Waals surface area contributed by atoms with Gasteiger partial charge in [-0.15, -0.1) is 0 Å². The molecule has 0 aliphatic carbocycles. The lowest BCUT2D eigenvalue weighted by Gasteiger charge is -2.07. The summed E-state index contributed by atoms with van der Waals surface area (Å²) in [6.45, 7) is 5.90. The number of nitrogens with zero attached hydrogens (tertiary/aromatic N) is 2. The highest BCUT2D eigenvalue weighted by atomic mass is 79.9. The van der Waals surface area contributed by atoms with Crippen molar-refractivity contribution >= 4 is 27.5 Å². The van der Waals surface area contributed by atoms with E-state index in [2.05, 4.69) is 33.3 Å². The number of hydrogen-bond acceptors (Lipinski definition) is 2. The zero-order chi connectivity index (χ0) is 17.3. The summed E-state index contributed by atoms with van der Waals surface area (Å²) in [5.41, 5.74) is 5.23. The molecule has 122 valence electrons. The van der Waals surface area contributed by atoms with Crippen LogP contribution >= 0.6 is 15.9 Å². The van der Waals surface area contributed by atoms with E-state index in [1.165, 1.54) is 5.56 Å². The molecule has 0 saturated heterocycles. The summed E-state index contributed by atoms with van der Waals surface area (Å²) in [7, 11) is 0. The number of benzene rings is 2. The first-order chi connectivity index (χ1) is 11.5. The van der Waals surface area contributed by atoms with Gasteiger partial charge in [-0.1, -0.05) is 33.6 Å². The number of carbonyl (C=O) groups is 1. The highest BCUT2D eigenvalue weighted by Crippen LogP contribution is 2.24. The molecular formula is C19H18BrN3O. The SMILES string of the molecule is Cc1ccc(-n2nc(C)c(NC(=O)c3ccc(Br)cc3)c2C)cc1. The lowest BCUT2D eigenvalue weighted by Crippen LogP contribution is -2.13. The van der Waals surface area contributed by atoms with Crippen LogP contribution in [-0.2, 0) is 0 Å². The predicted molar refractivity (Wildman–Crippen MR) is 99.9 cm³/mol. The van der Waals surface area contributed by atoms with E-state index in [4.69, 9.17) is 0 Å². The van der Waals surface area contributed by atoms with Gasteiger partial charge in [0, 0.05) is 10.0 Å². The fraction of sp³-hybridized carbons (Fsp3) is 0.158.